The summed E-state index contributed by atoms with van der Waals surface area (Å²) >= 11 is 0. The summed E-state index contributed by atoms with van der Waals surface area (Å²) in [6.45, 7) is 3.60. The van der Waals surface area contributed by atoms with Crippen LogP contribution in [0.1, 0.15) is 25.1 Å². The van der Waals surface area contributed by atoms with E-state index in [4.69, 9.17) is 4.74 Å². The van der Waals surface area contributed by atoms with Crippen molar-refractivity contribution >= 4 is 24.3 Å². The number of ketones is 1. The third kappa shape index (κ3) is 4.97. The first kappa shape index (κ1) is 23.9. The number of aromatic nitrogens is 1. The maximum Gasteiger partial charge on any atom is 0.332 e. The van der Waals surface area contributed by atoms with Gasteiger partial charge >= 0.3 is 7.60 Å². The summed E-state index contributed by atoms with van der Waals surface area (Å²) < 4.78 is 33.1. The minimum Gasteiger partial charge on any atom is -0.488 e. The second-order valence-corrected chi connectivity index (χ2v) is 10.3. The van der Waals surface area contributed by atoms with E-state index < -0.39 is 30.8 Å². The summed E-state index contributed by atoms with van der Waals surface area (Å²) in [5.74, 6) is -0.397. The summed E-state index contributed by atoms with van der Waals surface area (Å²) in [7, 11) is -4.55. The molecule has 0 spiro atoms. The zero-order valence-electron chi connectivity index (χ0n) is 18.8. The average Bonchev–Trinajstić information content (AvgIpc) is 3.19. The van der Waals surface area contributed by atoms with E-state index in [1.807, 2.05) is 53.1 Å². The van der Waals surface area contributed by atoms with Crippen LogP contribution < -0.4 is 4.74 Å². The van der Waals surface area contributed by atoms with Crippen LogP contribution in [-0.4, -0.2) is 26.3 Å². The average molecular weight is 481 g/mol. The highest BCUT2D eigenvalue weighted by Gasteiger charge is 2.37. The van der Waals surface area contributed by atoms with Crippen molar-refractivity contribution in [2.24, 2.45) is 0 Å². The third-order valence-corrected chi connectivity index (χ3v) is 6.51. The van der Waals surface area contributed by atoms with Crippen molar-refractivity contribution in [1.29, 1.82) is 0 Å². The number of carbonyl (C=O) groups excluding carboxylic acids is 1. The van der Waals surface area contributed by atoms with Gasteiger partial charge in [-0.1, -0.05) is 36.4 Å². The van der Waals surface area contributed by atoms with Gasteiger partial charge < -0.3 is 19.1 Å². The lowest BCUT2D eigenvalue weighted by molar-refractivity contribution is -0.121. The SMILES string of the molecule is CC(C)(C(=O)CP(=O)(O)O)c1cc2c(OCc3ccccc3)cccc2n1-c1ccc(F)cc1. The summed E-state index contributed by atoms with van der Waals surface area (Å²) in [6.07, 6.45) is -0.873. The van der Waals surface area contributed by atoms with Gasteiger partial charge in [0.1, 0.15) is 24.3 Å². The predicted octanol–water partition coefficient (Wildman–Crippen LogP) is 5.37. The molecule has 34 heavy (non-hydrogen) atoms. The summed E-state index contributed by atoms with van der Waals surface area (Å²) in [6, 6.07) is 22.9. The van der Waals surface area contributed by atoms with E-state index in [1.54, 1.807) is 32.0 Å². The molecule has 176 valence electrons. The van der Waals surface area contributed by atoms with Gasteiger partial charge in [0.05, 0.1) is 10.9 Å². The topological polar surface area (TPSA) is 88.8 Å². The Morgan fingerprint density at radius 1 is 1.00 bits per heavy atom. The molecule has 8 heteroatoms. The Balaban J connectivity index is 1.86. The molecule has 0 aliphatic carbocycles. The Kier molecular flexibility index (Phi) is 6.45. The first-order valence-electron chi connectivity index (χ1n) is 10.7. The Morgan fingerprint density at radius 3 is 2.32 bits per heavy atom. The van der Waals surface area contributed by atoms with Gasteiger partial charge in [0.25, 0.3) is 0 Å². The lowest BCUT2D eigenvalue weighted by Gasteiger charge is -2.26. The summed E-state index contributed by atoms with van der Waals surface area (Å²) in [5.41, 5.74) is 1.61. The number of hydrogen-bond donors (Lipinski definition) is 2. The molecule has 0 radical (unpaired) electrons. The second kappa shape index (κ2) is 9.18. The predicted molar refractivity (Wildman–Crippen MR) is 129 cm³/mol. The van der Waals surface area contributed by atoms with E-state index in [2.05, 4.69) is 0 Å². The largest absolute Gasteiger partial charge is 0.488 e. The molecule has 2 N–H and O–H groups in total. The minimum absolute atomic E-state index is 0.345. The zero-order chi connectivity index (χ0) is 24.5. The van der Waals surface area contributed by atoms with Crippen LogP contribution in [0.25, 0.3) is 16.6 Å². The highest BCUT2D eigenvalue weighted by molar-refractivity contribution is 7.52. The number of Topliss-reactive ketones (excluding diaryl/α,β-unsaturated/α-hetero) is 1. The van der Waals surface area contributed by atoms with Crippen LogP contribution in [0.2, 0.25) is 0 Å². The van der Waals surface area contributed by atoms with Crippen LogP contribution >= 0.6 is 7.60 Å². The molecule has 6 nitrogen and oxygen atoms in total. The van der Waals surface area contributed by atoms with Gasteiger partial charge in [-0.3, -0.25) is 9.36 Å². The zero-order valence-corrected chi connectivity index (χ0v) is 19.7. The second-order valence-electron chi connectivity index (χ2n) is 8.68. The van der Waals surface area contributed by atoms with E-state index in [9.17, 15) is 23.5 Å². The van der Waals surface area contributed by atoms with Crippen molar-refractivity contribution in [3.8, 4) is 11.4 Å². The first-order valence-corrected chi connectivity index (χ1v) is 12.5. The van der Waals surface area contributed by atoms with E-state index >= 15 is 0 Å². The Bertz CT molecular complexity index is 1370. The van der Waals surface area contributed by atoms with E-state index in [0.29, 0.717) is 23.7 Å². The van der Waals surface area contributed by atoms with Crippen molar-refractivity contribution in [2.45, 2.75) is 25.9 Å². The molecule has 1 heterocycles. The minimum atomic E-state index is -4.55. The first-order chi connectivity index (χ1) is 16.1. The smallest absolute Gasteiger partial charge is 0.332 e. The number of carbonyl (C=O) groups is 1. The fourth-order valence-corrected chi connectivity index (χ4v) is 4.69. The number of rotatable bonds is 8. The van der Waals surface area contributed by atoms with Gasteiger partial charge in [0, 0.05) is 16.8 Å². The molecular formula is C26H25FNO5P. The lowest BCUT2D eigenvalue weighted by Crippen LogP contribution is -2.33. The fraction of sp³-hybridized carbons (Fsp3) is 0.192. The normalized spacial score (nSPS) is 12.1. The Morgan fingerprint density at radius 2 is 1.68 bits per heavy atom. The standard InChI is InChI=1S/C26H25FNO5P/c1-26(2,25(29)17-34(30,31)32)24-15-21-22(28(24)20-13-11-19(27)12-14-20)9-6-10-23(21)33-16-18-7-4-3-5-8-18/h3-15H,16-17H2,1-2H3,(H2,30,31,32). The van der Waals surface area contributed by atoms with Gasteiger partial charge in [0.2, 0.25) is 0 Å². The molecule has 0 saturated carbocycles. The van der Waals surface area contributed by atoms with Crippen molar-refractivity contribution in [3.05, 3.63) is 95.9 Å². The van der Waals surface area contributed by atoms with Crippen molar-refractivity contribution in [1.82, 2.24) is 4.57 Å². The molecule has 0 aliphatic heterocycles. The molecule has 0 fully saturated rings. The van der Waals surface area contributed by atoms with Gasteiger partial charge in [-0.2, -0.15) is 0 Å². The molecule has 0 saturated heterocycles. The highest BCUT2D eigenvalue weighted by Crippen LogP contribution is 2.41. The molecule has 3 aromatic carbocycles. The van der Waals surface area contributed by atoms with Crippen LogP contribution in [0.4, 0.5) is 4.39 Å². The fourth-order valence-electron chi connectivity index (χ4n) is 3.92. The van der Waals surface area contributed by atoms with Gasteiger partial charge in [-0.05, 0) is 61.9 Å². The van der Waals surface area contributed by atoms with Crippen molar-refractivity contribution in [2.75, 3.05) is 6.16 Å². The summed E-state index contributed by atoms with van der Waals surface area (Å²) in [5, 5.41) is 0.731. The summed E-state index contributed by atoms with van der Waals surface area (Å²) in [4.78, 5) is 31.8. The molecule has 1 aromatic heterocycles. The third-order valence-electron chi connectivity index (χ3n) is 5.81. The molecular weight excluding hydrogens is 456 g/mol. The van der Waals surface area contributed by atoms with Crippen LogP contribution in [0, 0.1) is 5.82 Å². The molecule has 4 aromatic rings. The Hall–Kier alpha value is -3.25. The number of ether oxygens (including phenoxy) is 1. The van der Waals surface area contributed by atoms with Crippen molar-refractivity contribution < 1.29 is 28.3 Å². The number of halogens is 1. The molecule has 4 rings (SSSR count). The molecule has 0 bridgehead atoms. The van der Waals surface area contributed by atoms with Crippen LogP contribution in [-0.2, 0) is 21.4 Å². The number of hydrogen-bond acceptors (Lipinski definition) is 3. The maximum absolute atomic E-state index is 13.6. The van der Waals surface area contributed by atoms with Crippen LogP contribution in [0.5, 0.6) is 5.75 Å². The number of fused-ring (bicyclic) bond motifs is 1. The van der Waals surface area contributed by atoms with Crippen LogP contribution in [0.15, 0.2) is 78.9 Å². The van der Waals surface area contributed by atoms with E-state index in [0.717, 1.165) is 16.5 Å². The van der Waals surface area contributed by atoms with E-state index in [1.165, 1.54) is 12.1 Å². The lowest BCUT2D eigenvalue weighted by atomic mass is 9.85. The monoisotopic (exact) mass is 481 g/mol. The van der Waals surface area contributed by atoms with Crippen molar-refractivity contribution in [3.63, 3.8) is 0 Å². The quantitative estimate of drug-likeness (QED) is 0.330. The molecule has 0 amide bonds. The van der Waals surface area contributed by atoms with E-state index in [-0.39, 0.29) is 0 Å². The molecule has 0 atom stereocenters. The highest BCUT2D eigenvalue weighted by atomic mass is 31.2. The number of benzene rings is 3. The van der Waals surface area contributed by atoms with Gasteiger partial charge in [-0.25, -0.2) is 4.39 Å². The Labute approximate surface area is 196 Å². The molecule has 0 aliphatic rings. The molecule has 0 unspecified atom stereocenters. The number of nitrogens with zero attached hydrogens (tertiary/aromatic N) is 1. The van der Waals surface area contributed by atoms with Gasteiger partial charge in [0.15, 0.2) is 5.78 Å². The maximum atomic E-state index is 13.6. The van der Waals surface area contributed by atoms with Gasteiger partial charge in [-0.15, -0.1) is 0 Å². The van der Waals surface area contributed by atoms with Crippen LogP contribution in [0.3, 0.4) is 0 Å².